The van der Waals surface area contributed by atoms with Crippen molar-refractivity contribution in [2.24, 2.45) is 0 Å². The maximum atomic E-state index is 6.39. The summed E-state index contributed by atoms with van der Waals surface area (Å²) < 4.78 is 7.28. The summed E-state index contributed by atoms with van der Waals surface area (Å²) in [7, 11) is 1.67. The second-order valence-electron chi connectivity index (χ2n) is 4.43. The summed E-state index contributed by atoms with van der Waals surface area (Å²) in [5.74, 6) is 0.821. The van der Waals surface area contributed by atoms with Gasteiger partial charge in [-0.25, -0.2) is 0 Å². The van der Waals surface area contributed by atoms with Crippen LogP contribution in [0.25, 0.3) is 0 Å². The van der Waals surface area contributed by atoms with Crippen LogP contribution in [0.15, 0.2) is 24.3 Å². The lowest BCUT2D eigenvalue weighted by atomic mass is 10.2. The predicted molar refractivity (Wildman–Crippen MR) is 82.6 cm³/mol. The Morgan fingerprint density at radius 3 is 2.70 bits per heavy atom. The van der Waals surface area contributed by atoms with Gasteiger partial charge >= 0.3 is 0 Å². The van der Waals surface area contributed by atoms with Crippen molar-refractivity contribution in [3.05, 3.63) is 40.7 Å². The molecule has 0 bridgehead atoms. The van der Waals surface area contributed by atoms with Crippen molar-refractivity contribution >= 4 is 17.3 Å². The molecule has 20 heavy (non-hydrogen) atoms. The minimum absolute atomic E-state index is 0.625. The Morgan fingerprint density at radius 1 is 1.30 bits per heavy atom. The van der Waals surface area contributed by atoms with E-state index in [9.17, 15) is 0 Å². The Morgan fingerprint density at radius 2 is 2.05 bits per heavy atom. The number of hydrogen-bond acceptors (Lipinski definition) is 3. The summed E-state index contributed by atoms with van der Waals surface area (Å²) in [5, 5.41) is 8.64. The molecular formula is C15H20ClN3O. The van der Waals surface area contributed by atoms with Crippen LogP contribution in [0.5, 0.6) is 5.75 Å². The van der Waals surface area contributed by atoms with Crippen LogP contribution in [-0.4, -0.2) is 16.9 Å². The third-order valence-electron chi connectivity index (χ3n) is 3.25. The maximum absolute atomic E-state index is 6.39. The average Bonchev–Trinajstić information content (AvgIpc) is 2.81. The van der Waals surface area contributed by atoms with Crippen molar-refractivity contribution in [3.8, 4) is 5.75 Å². The lowest BCUT2D eigenvalue weighted by molar-refractivity contribution is 0.416. The van der Waals surface area contributed by atoms with Crippen molar-refractivity contribution in [1.29, 1.82) is 0 Å². The van der Waals surface area contributed by atoms with Gasteiger partial charge in [0.15, 0.2) is 0 Å². The van der Waals surface area contributed by atoms with Crippen LogP contribution < -0.4 is 10.1 Å². The Kier molecular flexibility index (Phi) is 4.90. The average molecular weight is 294 g/mol. The molecule has 0 radical (unpaired) electrons. The number of ether oxygens (including phenoxy) is 1. The SMILES string of the molecule is CCc1nn(CC)c(CNc2ccccc2OC)c1Cl. The van der Waals surface area contributed by atoms with E-state index in [2.05, 4.69) is 24.3 Å². The Balaban J connectivity index is 2.20. The number of para-hydroxylation sites is 2. The second kappa shape index (κ2) is 6.66. The third-order valence-corrected chi connectivity index (χ3v) is 3.68. The largest absolute Gasteiger partial charge is 0.495 e. The molecule has 1 aromatic heterocycles. The molecule has 2 rings (SSSR count). The van der Waals surface area contributed by atoms with Crippen LogP contribution in [0.1, 0.15) is 25.2 Å². The molecular weight excluding hydrogens is 274 g/mol. The molecule has 0 aliphatic rings. The van der Waals surface area contributed by atoms with Crippen molar-refractivity contribution in [1.82, 2.24) is 9.78 Å². The molecule has 5 heteroatoms. The number of aromatic nitrogens is 2. The predicted octanol–water partition coefficient (Wildman–Crippen LogP) is 3.74. The maximum Gasteiger partial charge on any atom is 0.141 e. The second-order valence-corrected chi connectivity index (χ2v) is 4.81. The Hall–Kier alpha value is -1.68. The number of aryl methyl sites for hydroxylation is 2. The monoisotopic (exact) mass is 293 g/mol. The van der Waals surface area contributed by atoms with Crippen LogP contribution in [0.4, 0.5) is 5.69 Å². The molecule has 0 aliphatic heterocycles. The highest BCUT2D eigenvalue weighted by molar-refractivity contribution is 6.31. The van der Waals surface area contributed by atoms with E-state index in [-0.39, 0.29) is 0 Å². The molecule has 0 aliphatic carbocycles. The highest BCUT2D eigenvalue weighted by Crippen LogP contribution is 2.26. The number of rotatable bonds is 6. The van der Waals surface area contributed by atoms with Gasteiger partial charge < -0.3 is 10.1 Å². The number of hydrogen-bond donors (Lipinski definition) is 1. The number of methoxy groups -OCH3 is 1. The number of nitrogens with zero attached hydrogens (tertiary/aromatic N) is 2. The molecule has 108 valence electrons. The molecule has 0 amide bonds. The Labute approximate surface area is 124 Å². The first-order valence-corrected chi connectivity index (χ1v) is 7.19. The summed E-state index contributed by atoms with van der Waals surface area (Å²) in [6.45, 7) is 5.56. The van der Waals surface area contributed by atoms with Gasteiger partial charge in [0, 0.05) is 6.54 Å². The molecule has 1 N–H and O–H groups in total. The number of nitrogens with one attached hydrogen (secondary N) is 1. The lowest BCUT2D eigenvalue weighted by Crippen LogP contribution is -2.08. The van der Waals surface area contributed by atoms with E-state index >= 15 is 0 Å². The van der Waals surface area contributed by atoms with Gasteiger partial charge in [0.2, 0.25) is 0 Å². The van der Waals surface area contributed by atoms with Gasteiger partial charge in [0.1, 0.15) is 5.75 Å². The topological polar surface area (TPSA) is 39.1 Å². The first-order valence-electron chi connectivity index (χ1n) is 6.82. The highest BCUT2D eigenvalue weighted by atomic mass is 35.5. The van der Waals surface area contributed by atoms with Crippen molar-refractivity contribution in [2.75, 3.05) is 12.4 Å². The molecule has 0 spiro atoms. The number of halogens is 1. The van der Waals surface area contributed by atoms with Crippen LogP contribution in [0.2, 0.25) is 5.02 Å². The van der Waals surface area contributed by atoms with E-state index in [0.717, 1.165) is 40.8 Å². The molecule has 1 aromatic carbocycles. The smallest absolute Gasteiger partial charge is 0.141 e. The molecule has 0 atom stereocenters. The summed E-state index contributed by atoms with van der Waals surface area (Å²) >= 11 is 6.39. The van der Waals surface area contributed by atoms with Crippen LogP contribution in [0.3, 0.4) is 0 Å². The van der Waals surface area contributed by atoms with Gasteiger partial charge in [0.05, 0.1) is 35.8 Å². The molecule has 0 saturated heterocycles. The fourth-order valence-corrected chi connectivity index (χ4v) is 2.49. The van der Waals surface area contributed by atoms with E-state index in [0.29, 0.717) is 6.54 Å². The van der Waals surface area contributed by atoms with Gasteiger partial charge in [-0.2, -0.15) is 5.10 Å². The lowest BCUT2D eigenvalue weighted by Gasteiger charge is -2.12. The van der Waals surface area contributed by atoms with Gasteiger partial charge in [0.25, 0.3) is 0 Å². The third kappa shape index (κ3) is 2.90. The van der Waals surface area contributed by atoms with E-state index < -0.39 is 0 Å². The van der Waals surface area contributed by atoms with Gasteiger partial charge in [-0.1, -0.05) is 30.7 Å². The zero-order valence-electron chi connectivity index (χ0n) is 12.1. The van der Waals surface area contributed by atoms with E-state index in [1.54, 1.807) is 7.11 Å². The van der Waals surface area contributed by atoms with Crippen LogP contribution in [-0.2, 0) is 19.5 Å². The van der Waals surface area contributed by atoms with Crippen molar-refractivity contribution in [2.45, 2.75) is 33.4 Å². The normalized spacial score (nSPS) is 10.6. The zero-order valence-corrected chi connectivity index (χ0v) is 12.9. The van der Waals surface area contributed by atoms with Crippen LogP contribution in [0, 0.1) is 0 Å². The van der Waals surface area contributed by atoms with Gasteiger partial charge in [-0.15, -0.1) is 0 Å². The molecule has 2 aromatic rings. The fraction of sp³-hybridized carbons (Fsp3) is 0.400. The van der Waals surface area contributed by atoms with Crippen molar-refractivity contribution in [3.63, 3.8) is 0 Å². The molecule has 0 fully saturated rings. The molecule has 0 unspecified atom stereocenters. The number of anilines is 1. The minimum atomic E-state index is 0.625. The molecule has 0 saturated carbocycles. The zero-order chi connectivity index (χ0) is 14.5. The summed E-state index contributed by atoms with van der Waals surface area (Å²) in [6.07, 6.45) is 0.841. The van der Waals surface area contributed by atoms with E-state index in [4.69, 9.17) is 16.3 Å². The fourth-order valence-electron chi connectivity index (χ4n) is 2.16. The Bertz CT molecular complexity index is 580. The first-order chi connectivity index (χ1) is 9.71. The summed E-state index contributed by atoms with van der Waals surface area (Å²) in [4.78, 5) is 0. The van der Waals surface area contributed by atoms with E-state index in [1.807, 2.05) is 28.9 Å². The molecule has 1 heterocycles. The van der Waals surface area contributed by atoms with Crippen molar-refractivity contribution < 1.29 is 4.74 Å². The van der Waals surface area contributed by atoms with E-state index in [1.165, 1.54) is 0 Å². The highest BCUT2D eigenvalue weighted by Gasteiger charge is 2.14. The molecule has 4 nitrogen and oxygen atoms in total. The quantitative estimate of drug-likeness (QED) is 0.882. The standard InChI is InChI=1S/C15H20ClN3O/c1-4-11-15(16)13(19(5-2)18-11)10-17-12-8-6-7-9-14(12)20-3/h6-9,17H,4-5,10H2,1-3H3. The van der Waals surface area contributed by atoms with Gasteiger partial charge in [-0.05, 0) is 25.5 Å². The summed E-state index contributed by atoms with van der Waals surface area (Å²) in [5.41, 5.74) is 2.91. The van der Waals surface area contributed by atoms with Crippen LogP contribution >= 0.6 is 11.6 Å². The first kappa shape index (κ1) is 14.7. The van der Waals surface area contributed by atoms with Gasteiger partial charge in [-0.3, -0.25) is 4.68 Å². The summed E-state index contributed by atoms with van der Waals surface area (Å²) in [6, 6.07) is 7.84. The minimum Gasteiger partial charge on any atom is -0.495 e. The number of benzene rings is 1.